The Morgan fingerprint density at radius 3 is 2.44 bits per heavy atom. The lowest BCUT2D eigenvalue weighted by Gasteiger charge is -2.13. The number of amides is 1. The van der Waals surface area contributed by atoms with Gasteiger partial charge in [-0.3, -0.25) is 9.59 Å². The average molecular weight is 341 g/mol. The molecular formula is C20H23NO4. The number of para-hydroxylation sites is 2. The number of methoxy groups -OCH3 is 1. The topological polar surface area (TPSA) is 64.6 Å². The SMILES string of the molecule is COc1ccccc1CC(=O)OCC(=O)Nc1ccccc1C(C)C. The van der Waals surface area contributed by atoms with Crippen LogP contribution in [-0.4, -0.2) is 25.6 Å². The fourth-order valence-corrected chi connectivity index (χ4v) is 2.50. The van der Waals surface area contributed by atoms with Gasteiger partial charge >= 0.3 is 5.97 Å². The Balaban J connectivity index is 1.89. The van der Waals surface area contributed by atoms with Crippen LogP contribution in [0.3, 0.4) is 0 Å². The van der Waals surface area contributed by atoms with Crippen LogP contribution >= 0.6 is 0 Å². The van der Waals surface area contributed by atoms with Crippen LogP contribution in [0, 0.1) is 0 Å². The molecule has 132 valence electrons. The fourth-order valence-electron chi connectivity index (χ4n) is 2.50. The van der Waals surface area contributed by atoms with E-state index in [1.165, 1.54) is 0 Å². The van der Waals surface area contributed by atoms with Crippen molar-refractivity contribution in [3.05, 3.63) is 59.7 Å². The van der Waals surface area contributed by atoms with Crippen molar-refractivity contribution in [1.29, 1.82) is 0 Å². The van der Waals surface area contributed by atoms with Crippen LogP contribution in [0.2, 0.25) is 0 Å². The minimum atomic E-state index is -0.475. The molecule has 1 N–H and O–H groups in total. The monoisotopic (exact) mass is 341 g/mol. The van der Waals surface area contributed by atoms with Gasteiger partial charge in [0, 0.05) is 11.3 Å². The molecule has 2 rings (SSSR count). The van der Waals surface area contributed by atoms with E-state index < -0.39 is 5.97 Å². The maximum Gasteiger partial charge on any atom is 0.310 e. The Bertz CT molecular complexity index is 740. The smallest absolute Gasteiger partial charge is 0.310 e. The first-order chi connectivity index (χ1) is 12.0. The number of benzene rings is 2. The van der Waals surface area contributed by atoms with Crippen LogP contribution in [0.25, 0.3) is 0 Å². The maximum atomic E-state index is 12.1. The molecule has 0 radical (unpaired) electrons. The van der Waals surface area contributed by atoms with Crippen molar-refractivity contribution in [2.75, 3.05) is 19.0 Å². The molecule has 0 aliphatic rings. The van der Waals surface area contributed by atoms with Crippen molar-refractivity contribution in [2.24, 2.45) is 0 Å². The molecule has 0 bridgehead atoms. The van der Waals surface area contributed by atoms with E-state index in [1.807, 2.05) is 36.4 Å². The number of rotatable bonds is 7. The number of nitrogens with one attached hydrogen (secondary N) is 1. The van der Waals surface area contributed by atoms with Gasteiger partial charge in [-0.25, -0.2) is 0 Å². The molecule has 5 nitrogen and oxygen atoms in total. The summed E-state index contributed by atoms with van der Waals surface area (Å²) in [5.41, 5.74) is 2.50. The quantitative estimate of drug-likeness (QED) is 0.782. The minimum Gasteiger partial charge on any atom is -0.496 e. The molecule has 0 spiro atoms. The summed E-state index contributed by atoms with van der Waals surface area (Å²) in [5.74, 6) is 0.0672. The van der Waals surface area contributed by atoms with Crippen LogP contribution in [0.1, 0.15) is 30.9 Å². The van der Waals surface area contributed by atoms with Crippen molar-refractivity contribution >= 4 is 17.6 Å². The molecule has 0 heterocycles. The molecule has 5 heteroatoms. The van der Waals surface area contributed by atoms with Crippen molar-refractivity contribution in [1.82, 2.24) is 0 Å². The van der Waals surface area contributed by atoms with E-state index in [4.69, 9.17) is 9.47 Å². The van der Waals surface area contributed by atoms with E-state index in [2.05, 4.69) is 19.2 Å². The van der Waals surface area contributed by atoms with E-state index >= 15 is 0 Å². The number of carbonyl (C=O) groups is 2. The van der Waals surface area contributed by atoms with Gasteiger partial charge in [-0.2, -0.15) is 0 Å². The van der Waals surface area contributed by atoms with Crippen molar-refractivity contribution in [3.8, 4) is 5.75 Å². The van der Waals surface area contributed by atoms with Crippen LogP contribution in [0.5, 0.6) is 5.75 Å². The summed E-state index contributed by atoms with van der Waals surface area (Å²) < 4.78 is 10.3. The molecular weight excluding hydrogens is 318 g/mol. The lowest BCUT2D eigenvalue weighted by Crippen LogP contribution is -2.22. The molecule has 0 aliphatic carbocycles. The molecule has 1 amide bonds. The predicted octanol–water partition coefficient (Wildman–Crippen LogP) is 3.54. The number of ether oxygens (including phenoxy) is 2. The van der Waals surface area contributed by atoms with Crippen LogP contribution in [0.15, 0.2) is 48.5 Å². The van der Waals surface area contributed by atoms with Gasteiger partial charge < -0.3 is 14.8 Å². The normalized spacial score (nSPS) is 10.4. The highest BCUT2D eigenvalue weighted by atomic mass is 16.5. The third-order valence-corrected chi connectivity index (χ3v) is 3.75. The summed E-state index contributed by atoms with van der Waals surface area (Å²) in [7, 11) is 1.55. The van der Waals surface area contributed by atoms with Gasteiger partial charge in [0.2, 0.25) is 0 Å². The Morgan fingerprint density at radius 2 is 1.72 bits per heavy atom. The van der Waals surface area contributed by atoms with Crippen LogP contribution < -0.4 is 10.1 Å². The summed E-state index contributed by atoms with van der Waals surface area (Å²) >= 11 is 0. The van der Waals surface area contributed by atoms with Crippen LogP contribution in [0.4, 0.5) is 5.69 Å². The highest BCUT2D eigenvalue weighted by Crippen LogP contribution is 2.23. The summed E-state index contributed by atoms with van der Waals surface area (Å²) in [4.78, 5) is 24.0. The van der Waals surface area contributed by atoms with E-state index in [0.717, 1.165) is 16.8 Å². The first kappa shape index (κ1) is 18.5. The Morgan fingerprint density at radius 1 is 1.04 bits per heavy atom. The lowest BCUT2D eigenvalue weighted by atomic mass is 10.0. The number of anilines is 1. The maximum absolute atomic E-state index is 12.1. The number of esters is 1. The van der Waals surface area contributed by atoms with E-state index in [9.17, 15) is 9.59 Å². The van der Waals surface area contributed by atoms with Crippen molar-refractivity contribution in [3.63, 3.8) is 0 Å². The molecule has 0 fully saturated rings. The largest absolute Gasteiger partial charge is 0.496 e. The Hall–Kier alpha value is -2.82. The molecule has 0 aromatic heterocycles. The molecule has 0 saturated heterocycles. The van der Waals surface area contributed by atoms with Gasteiger partial charge in [0.25, 0.3) is 5.91 Å². The van der Waals surface area contributed by atoms with Gasteiger partial charge in [-0.15, -0.1) is 0 Å². The van der Waals surface area contributed by atoms with Crippen molar-refractivity contribution < 1.29 is 19.1 Å². The highest BCUT2D eigenvalue weighted by molar-refractivity contribution is 5.93. The first-order valence-electron chi connectivity index (χ1n) is 8.17. The average Bonchev–Trinajstić information content (AvgIpc) is 2.60. The zero-order chi connectivity index (χ0) is 18.2. The molecule has 0 saturated carbocycles. The zero-order valence-corrected chi connectivity index (χ0v) is 14.7. The summed E-state index contributed by atoms with van der Waals surface area (Å²) in [6, 6.07) is 14.8. The molecule has 2 aromatic rings. The third kappa shape index (κ3) is 5.35. The Labute approximate surface area is 148 Å². The van der Waals surface area contributed by atoms with Crippen LogP contribution in [-0.2, 0) is 20.7 Å². The molecule has 2 aromatic carbocycles. The fraction of sp³-hybridized carbons (Fsp3) is 0.300. The van der Waals surface area contributed by atoms with Crippen molar-refractivity contribution in [2.45, 2.75) is 26.2 Å². The highest BCUT2D eigenvalue weighted by Gasteiger charge is 2.13. The number of hydrogen-bond donors (Lipinski definition) is 1. The van der Waals surface area contributed by atoms with Gasteiger partial charge in [-0.05, 0) is 23.6 Å². The summed E-state index contributed by atoms with van der Waals surface area (Å²) in [5, 5.41) is 2.79. The Kier molecular flexibility index (Phi) is 6.57. The van der Waals surface area contributed by atoms with Gasteiger partial charge in [-0.1, -0.05) is 50.2 Å². The summed E-state index contributed by atoms with van der Waals surface area (Å²) in [6.45, 7) is 3.79. The van der Waals surface area contributed by atoms with Gasteiger partial charge in [0.05, 0.1) is 13.5 Å². The van der Waals surface area contributed by atoms with E-state index in [-0.39, 0.29) is 24.9 Å². The minimum absolute atomic E-state index is 0.0554. The van der Waals surface area contributed by atoms with Gasteiger partial charge in [0.15, 0.2) is 6.61 Å². The third-order valence-electron chi connectivity index (χ3n) is 3.75. The second-order valence-electron chi connectivity index (χ2n) is 5.94. The zero-order valence-electron chi connectivity index (χ0n) is 14.7. The molecule has 25 heavy (non-hydrogen) atoms. The summed E-state index contributed by atoms with van der Waals surface area (Å²) in [6.07, 6.45) is 0.0554. The second kappa shape index (κ2) is 8.87. The first-order valence-corrected chi connectivity index (χ1v) is 8.17. The standard InChI is InChI=1S/C20H23NO4/c1-14(2)16-9-5-6-10-17(16)21-19(22)13-25-20(23)12-15-8-4-7-11-18(15)24-3/h4-11,14H,12-13H2,1-3H3,(H,21,22). The lowest BCUT2D eigenvalue weighted by molar-refractivity contribution is -0.146. The second-order valence-corrected chi connectivity index (χ2v) is 5.94. The molecule has 0 aliphatic heterocycles. The van der Waals surface area contributed by atoms with Gasteiger partial charge in [0.1, 0.15) is 5.75 Å². The predicted molar refractivity (Wildman–Crippen MR) is 96.8 cm³/mol. The number of carbonyl (C=O) groups excluding carboxylic acids is 2. The number of hydrogen-bond acceptors (Lipinski definition) is 4. The molecule has 0 atom stereocenters. The van der Waals surface area contributed by atoms with E-state index in [1.54, 1.807) is 19.2 Å². The molecule has 0 unspecified atom stereocenters. The van der Waals surface area contributed by atoms with E-state index in [0.29, 0.717) is 5.75 Å².